The number of amides is 2. The molecule has 1 aliphatic rings. The first-order valence-corrected chi connectivity index (χ1v) is 8.86. The molecule has 0 aliphatic carbocycles. The van der Waals surface area contributed by atoms with Crippen LogP contribution in [0.1, 0.15) is 38.8 Å². The number of carbonyl (C=O) groups excluding carboxylic acids is 1. The van der Waals surface area contributed by atoms with Crippen LogP contribution in [0.4, 0.5) is 4.79 Å². The Balaban J connectivity index is 1.70. The zero-order valence-electron chi connectivity index (χ0n) is 15.0. The molecule has 0 unspecified atom stereocenters. The van der Waals surface area contributed by atoms with Gasteiger partial charge in [-0.15, -0.1) is 0 Å². The number of hydrogen-bond acceptors (Lipinski definition) is 3. The van der Waals surface area contributed by atoms with Crippen molar-refractivity contribution in [1.82, 2.24) is 14.8 Å². The number of nitrogens with zero attached hydrogens (tertiary/aromatic N) is 2. The molecule has 1 aromatic rings. The third-order valence-electron chi connectivity index (χ3n) is 4.42. The number of hydrogen-bond donors (Lipinski definition) is 1. The number of ether oxygens (including phenoxy) is 1. The van der Waals surface area contributed by atoms with Crippen LogP contribution in [0.25, 0.3) is 0 Å². The Morgan fingerprint density at radius 2 is 2.12 bits per heavy atom. The summed E-state index contributed by atoms with van der Waals surface area (Å²) in [6, 6.07) is 5.28. The Hall–Kier alpha value is -1.82. The number of urea groups is 1. The maximum atomic E-state index is 12.3. The lowest BCUT2D eigenvalue weighted by Crippen LogP contribution is -2.52. The van der Waals surface area contributed by atoms with Gasteiger partial charge in [0.2, 0.25) is 0 Å². The van der Waals surface area contributed by atoms with Crippen LogP contribution in [0.5, 0.6) is 0 Å². The Bertz CT molecular complexity index is 599. The van der Waals surface area contributed by atoms with Crippen LogP contribution < -0.4 is 10.9 Å². The van der Waals surface area contributed by atoms with Gasteiger partial charge in [-0.2, -0.15) is 0 Å². The fourth-order valence-electron chi connectivity index (χ4n) is 3.05. The highest BCUT2D eigenvalue weighted by Gasteiger charge is 2.26. The van der Waals surface area contributed by atoms with E-state index >= 15 is 0 Å². The van der Waals surface area contributed by atoms with Gasteiger partial charge < -0.3 is 19.5 Å². The van der Waals surface area contributed by atoms with Crippen molar-refractivity contribution in [2.24, 2.45) is 0 Å². The second-order valence-electron chi connectivity index (χ2n) is 6.48. The zero-order chi connectivity index (χ0) is 17.5. The fourth-order valence-corrected chi connectivity index (χ4v) is 3.05. The van der Waals surface area contributed by atoms with Crippen LogP contribution in [0.15, 0.2) is 23.0 Å². The molecule has 2 atom stereocenters. The topological polar surface area (TPSA) is 63.6 Å². The monoisotopic (exact) mass is 335 g/mol. The minimum absolute atomic E-state index is 0.0170. The number of nitrogens with one attached hydrogen (secondary N) is 1. The maximum absolute atomic E-state index is 12.3. The van der Waals surface area contributed by atoms with Crippen LogP contribution in [-0.4, -0.2) is 47.3 Å². The van der Waals surface area contributed by atoms with Crippen LogP contribution in [-0.2, 0) is 11.3 Å². The van der Waals surface area contributed by atoms with Gasteiger partial charge in [-0.1, -0.05) is 13.0 Å². The van der Waals surface area contributed by atoms with E-state index in [9.17, 15) is 9.59 Å². The summed E-state index contributed by atoms with van der Waals surface area (Å²) in [5.41, 5.74) is 1.01. The van der Waals surface area contributed by atoms with Gasteiger partial charge in [0, 0.05) is 37.9 Å². The third-order valence-corrected chi connectivity index (χ3v) is 4.42. The Morgan fingerprint density at radius 1 is 1.33 bits per heavy atom. The molecule has 1 saturated heterocycles. The van der Waals surface area contributed by atoms with E-state index in [1.807, 2.05) is 24.8 Å². The number of aryl methyl sites for hydroxylation is 1. The van der Waals surface area contributed by atoms with Gasteiger partial charge in [-0.3, -0.25) is 4.79 Å². The molecular weight excluding hydrogens is 306 g/mol. The highest BCUT2D eigenvalue weighted by atomic mass is 16.5. The van der Waals surface area contributed by atoms with Crippen LogP contribution in [0.3, 0.4) is 0 Å². The molecule has 0 saturated carbocycles. The molecule has 1 N–H and O–H groups in total. The smallest absolute Gasteiger partial charge is 0.317 e. The van der Waals surface area contributed by atoms with E-state index in [4.69, 9.17) is 4.74 Å². The lowest BCUT2D eigenvalue weighted by Gasteiger charge is -2.36. The van der Waals surface area contributed by atoms with Crippen molar-refractivity contribution in [3.63, 3.8) is 0 Å². The fraction of sp³-hybridized carbons (Fsp3) is 0.667. The van der Waals surface area contributed by atoms with E-state index in [1.165, 1.54) is 0 Å². The molecule has 134 valence electrons. The zero-order valence-corrected chi connectivity index (χ0v) is 15.0. The molecule has 6 heteroatoms. The Morgan fingerprint density at radius 3 is 2.83 bits per heavy atom. The second-order valence-corrected chi connectivity index (χ2v) is 6.48. The number of unbranched alkanes of at least 4 members (excludes halogenated alkanes) is 1. The van der Waals surface area contributed by atoms with Crippen molar-refractivity contribution >= 4 is 6.03 Å². The summed E-state index contributed by atoms with van der Waals surface area (Å²) in [5.74, 6) is 0. The molecule has 0 spiro atoms. The summed E-state index contributed by atoms with van der Waals surface area (Å²) in [6.45, 7) is 8.63. The molecule has 1 aliphatic heterocycles. The molecule has 0 aromatic carbocycles. The maximum Gasteiger partial charge on any atom is 0.317 e. The normalized spacial score (nSPS) is 20.9. The third kappa shape index (κ3) is 5.09. The molecule has 1 fully saturated rings. The average molecular weight is 335 g/mol. The van der Waals surface area contributed by atoms with Gasteiger partial charge >= 0.3 is 6.03 Å². The van der Waals surface area contributed by atoms with E-state index in [-0.39, 0.29) is 23.8 Å². The van der Waals surface area contributed by atoms with Crippen LogP contribution >= 0.6 is 0 Å². The second kappa shape index (κ2) is 8.87. The molecule has 1 aromatic heterocycles. The van der Waals surface area contributed by atoms with Crippen LogP contribution in [0, 0.1) is 6.92 Å². The number of morpholine rings is 1. The number of pyridine rings is 1. The number of aromatic nitrogens is 1. The minimum atomic E-state index is -0.0170. The van der Waals surface area contributed by atoms with Crippen molar-refractivity contribution in [3.8, 4) is 0 Å². The minimum Gasteiger partial charge on any atom is -0.372 e. The summed E-state index contributed by atoms with van der Waals surface area (Å²) >= 11 is 0. The van der Waals surface area contributed by atoms with Gasteiger partial charge in [0.05, 0.1) is 12.2 Å². The Labute approximate surface area is 143 Å². The highest BCUT2D eigenvalue weighted by Crippen LogP contribution is 2.13. The van der Waals surface area contributed by atoms with Crippen molar-refractivity contribution < 1.29 is 9.53 Å². The van der Waals surface area contributed by atoms with Gasteiger partial charge in [0.1, 0.15) is 0 Å². The molecule has 2 heterocycles. The first-order valence-electron chi connectivity index (χ1n) is 8.86. The lowest BCUT2D eigenvalue weighted by molar-refractivity contribution is -0.0646. The van der Waals surface area contributed by atoms with E-state index in [0.29, 0.717) is 26.2 Å². The largest absolute Gasteiger partial charge is 0.372 e. The summed E-state index contributed by atoms with van der Waals surface area (Å²) in [7, 11) is 0. The number of rotatable bonds is 6. The van der Waals surface area contributed by atoms with Crippen molar-refractivity contribution in [2.45, 2.75) is 58.8 Å². The van der Waals surface area contributed by atoms with Crippen molar-refractivity contribution in [1.29, 1.82) is 0 Å². The first kappa shape index (κ1) is 18.5. The van der Waals surface area contributed by atoms with Gasteiger partial charge in [-0.25, -0.2) is 4.79 Å². The molecule has 2 amide bonds. The number of carbonyl (C=O) groups is 1. The standard InChI is InChI=1S/C18H29N3O3/c1-4-16-13-20(12-15(3)24-16)18(23)19-10-5-6-11-21-14(2)8-7-9-17(21)22/h7-9,15-16H,4-6,10-13H2,1-3H3,(H,19,23)/t15-,16+/m1/s1. The van der Waals surface area contributed by atoms with E-state index in [1.54, 1.807) is 16.7 Å². The van der Waals surface area contributed by atoms with Gasteiger partial charge in [0.15, 0.2) is 0 Å². The summed E-state index contributed by atoms with van der Waals surface area (Å²) in [4.78, 5) is 25.9. The van der Waals surface area contributed by atoms with Crippen molar-refractivity contribution in [3.05, 3.63) is 34.2 Å². The van der Waals surface area contributed by atoms with E-state index in [0.717, 1.165) is 25.0 Å². The SMILES string of the molecule is CC[C@H]1CN(C(=O)NCCCCn2c(C)cccc2=O)C[C@@H](C)O1. The predicted molar refractivity (Wildman–Crippen MR) is 94.3 cm³/mol. The average Bonchev–Trinajstić information content (AvgIpc) is 2.56. The predicted octanol–water partition coefficient (Wildman–Crippen LogP) is 2.15. The Kier molecular flexibility index (Phi) is 6.85. The summed E-state index contributed by atoms with van der Waals surface area (Å²) in [5, 5.41) is 2.98. The molecule has 0 radical (unpaired) electrons. The molecule has 0 bridgehead atoms. The van der Waals surface area contributed by atoms with Crippen molar-refractivity contribution in [2.75, 3.05) is 19.6 Å². The highest BCUT2D eigenvalue weighted by molar-refractivity contribution is 5.74. The quantitative estimate of drug-likeness (QED) is 0.810. The summed E-state index contributed by atoms with van der Waals surface area (Å²) in [6.07, 6.45) is 2.85. The summed E-state index contributed by atoms with van der Waals surface area (Å²) < 4.78 is 7.55. The van der Waals surface area contributed by atoms with Gasteiger partial charge in [-0.05, 0) is 39.2 Å². The van der Waals surface area contributed by atoms with Gasteiger partial charge in [0.25, 0.3) is 5.56 Å². The molecule has 2 rings (SSSR count). The van der Waals surface area contributed by atoms with E-state index in [2.05, 4.69) is 12.2 Å². The lowest BCUT2D eigenvalue weighted by atomic mass is 10.2. The first-order chi connectivity index (χ1) is 11.5. The molecule has 24 heavy (non-hydrogen) atoms. The molecule has 6 nitrogen and oxygen atoms in total. The van der Waals surface area contributed by atoms with E-state index < -0.39 is 0 Å². The van der Waals surface area contributed by atoms with Crippen LogP contribution in [0.2, 0.25) is 0 Å². The molecular formula is C18H29N3O3.